The zero-order valence-electron chi connectivity index (χ0n) is 39.2. The van der Waals surface area contributed by atoms with Gasteiger partial charge in [0.25, 0.3) is 0 Å². The Hall–Kier alpha value is -9.77. The van der Waals surface area contributed by atoms with Crippen LogP contribution >= 0.6 is 22.7 Å². The van der Waals surface area contributed by atoms with E-state index in [9.17, 15) is 10.5 Å². The zero-order chi connectivity index (χ0) is 49.0. The van der Waals surface area contributed by atoms with Gasteiger partial charge in [-0.15, -0.1) is 22.7 Å². The van der Waals surface area contributed by atoms with Gasteiger partial charge in [-0.2, -0.15) is 10.5 Å². The second kappa shape index (κ2) is 16.4. The standard InChI is InChI=1S/C65H35N7S2/c66-36-38-13-12-16-41(33-38)42-26-30-54(72-52-22-9-5-20-48(52)60-56(72)32-28-46-44-18-7-11-24-58(44)74-62(46)60)50(35-42)65-69-63(40-14-2-1-3-15-40)68-64(70-65)49-34-39(37-67)25-29-53(49)71-51-21-8-4-19-47(51)59-55(71)31-27-45-43-17-6-10-23-57(43)73-61(45)59/h1-35H. The quantitative estimate of drug-likeness (QED) is 0.165. The van der Waals surface area contributed by atoms with Crippen LogP contribution in [0.4, 0.5) is 0 Å². The second-order valence-corrected chi connectivity index (χ2v) is 20.6. The number of aromatic nitrogens is 5. The smallest absolute Gasteiger partial charge is 0.166 e. The van der Waals surface area contributed by atoms with Gasteiger partial charge in [0.05, 0.1) is 56.7 Å². The Morgan fingerprint density at radius 2 is 0.811 bits per heavy atom. The lowest BCUT2D eigenvalue weighted by atomic mass is 9.99. The Morgan fingerprint density at radius 1 is 0.338 bits per heavy atom. The highest BCUT2D eigenvalue weighted by Gasteiger charge is 2.25. The van der Waals surface area contributed by atoms with Crippen LogP contribution in [0.1, 0.15) is 11.1 Å². The number of nitrogens with zero attached hydrogens (tertiary/aromatic N) is 7. The molecule has 0 aliphatic rings. The third-order valence-electron chi connectivity index (χ3n) is 14.4. The van der Waals surface area contributed by atoms with Crippen molar-refractivity contribution in [2.45, 2.75) is 0 Å². The molecule has 15 aromatic rings. The van der Waals surface area contributed by atoms with Crippen LogP contribution in [0.15, 0.2) is 212 Å². The van der Waals surface area contributed by atoms with Crippen LogP contribution in [-0.4, -0.2) is 24.1 Å². The first-order chi connectivity index (χ1) is 36.6. The van der Waals surface area contributed by atoms with Gasteiger partial charge in [0.15, 0.2) is 17.5 Å². The summed E-state index contributed by atoms with van der Waals surface area (Å²) in [6.07, 6.45) is 0. The molecule has 7 nitrogen and oxygen atoms in total. The molecule has 0 fully saturated rings. The molecule has 15 rings (SSSR count). The third kappa shape index (κ3) is 6.31. The Bertz CT molecular complexity index is 4950. The third-order valence-corrected chi connectivity index (χ3v) is 16.8. The molecule has 0 unspecified atom stereocenters. The first-order valence-electron chi connectivity index (χ1n) is 24.3. The van der Waals surface area contributed by atoms with E-state index in [0.29, 0.717) is 34.2 Å². The fourth-order valence-electron chi connectivity index (χ4n) is 11.2. The lowest BCUT2D eigenvalue weighted by Crippen LogP contribution is -2.06. The molecule has 0 amide bonds. The Balaban J connectivity index is 1.03. The topological polar surface area (TPSA) is 96.1 Å². The Kier molecular flexibility index (Phi) is 9.29. The van der Waals surface area contributed by atoms with Gasteiger partial charge in [-0.1, -0.05) is 133 Å². The number of fused-ring (bicyclic) bond motifs is 14. The molecule has 0 spiro atoms. The van der Waals surface area contributed by atoms with Crippen molar-refractivity contribution in [3.8, 4) is 68.8 Å². The van der Waals surface area contributed by atoms with Crippen molar-refractivity contribution in [2.75, 3.05) is 0 Å². The van der Waals surface area contributed by atoms with E-state index < -0.39 is 0 Å². The van der Waals surface area contributed by atoms with Gasteiger partial charge in [-0.05, 0) is 90.0 Å². The van der Waals surface area contributed by atoms with Crippen molar-refractivity contribution >= 4 is 107 Å². The number of thiophene rings is 2. The zero-order valence-corrected chi connectivity index (χ0v) is 40.8. The average molecular weight is 978 g/mol. The van der Waals surface area contributed by atoms with Crippen LogP contribution in [0.3, 0.4) is 0 Å². The summed E-state index contributed by atoms with van der Waals surface area (Å²) in [5.41, 5.74) is 11.0. The van der Waals surface area contributed by atoms with Crippen molar-refractivity contribution in [2.24, 2.45) is 0 Å². The molecule has 5 aromatic heterocycles. The normalized spacial score (nSPS) is 11.8. The summed E-state index contributed by atoms with van der Waals surface area (Å²) in [5, 5.41) is 30.2. The van der Waals surface area contributed by atoms with E-state index >= 15 is 0 Å². The SMILES string of the molecule is N#Cc1cccc(-c2ccc(-n3c4ccccc4c4c5sc6ccccc6c5ccc43)c(-c3nc(-c4ccccc4)nc(-c4cc(C#N)ccc4-n4c5ccccc5c5c6sc7ccccc7c6ccc54)n3)c2)c1. The van der Waals surface area contributed by atoms with Gasteiger partial charge in [-0.25, -0.2) is 15.0 Å². The highest BCUT2D eigenvalue weighted by atomic mass is 32.1. The van der Waals surface area contributed by atoms with Gasteiger partial charge in [-0.3, -0.25) is 0 Å². The molecular weight excluding hydrogens is 943 g/mol. The summed E-state index contributed by atoms with van der Waals surface area (Å²) in [6, 6.07) is 78.1. The predicted molar refractivity (Wildman–Crippen MR) is 305 cm³/mol. The average Bonchev–Trinajstić information content (AvgIpc) is 4.23. The van der Waals surface area contributed by atoms with E-state index in [0.717, 1.165) is 66.5 Å². The van der Waals surface area contributed by atoms with E-state index in [1.807, 2.05) is 95.5 Å². The predicted octanol–water partition coefficient (Wildman–Crippen LogP) is 17.2. The lowest BCUT2D eigenvalue weighted by molar-refractivity contribution is 1.06. The highest BCUT2D eigenvalue weighted by molar-refractivity contribution is 7.27. The molecule has 0 atom stereocenters. The molecule has 0 bridgehead atoms. The maximum absolute atomic E-state index is 10.6. The van der Waals surface area contributed by atoms with E-state index in [1.54, 1.807) is 0 Å². The van der Waals surface area contributed by atoms with Crippen LogP contribution in [0.25, 0.3) is 141 Å². The summed E-state index contributed by atoms with van der Waals surface area (Å²) in [6.45, 7) is 0. The summed E-state index contributed by atoms with van der Waals surface area (Å²) < 4.78 is 9.61. The van der Waals surface area contributed by atoms with E-state index in [1.165, 1.54) is 51.1 Å². The monoisotopic (exact) mass is 977 g/mol. The Morgan fingerprint density at radius 3 is 1.41 bits per heavy atom. The van der Waals surface area contributed by atoms with Crippen LogP contribution in [0.5, 0.6) is 0 Å². The minimum Gasteiger partial charge on any atom is -0.308 e. The Labute approximate surface area is 431 Å². The molecule has 0 aliphatic heterocycles. The van der Waals surface area contributed by atoms with E-state index in [2.05, 4.69) is 161 Å². The number of hydrogen-bond acceptors (Lipinski definition) is 7. The van der Waals surface area contributed by atoms with Gasteiger partial charge in [0.1, 0.15) is 0 Å². The molecule has 0 N–H and O–H groups in total. The summed E-state index contributed by atoms with van der Waals surface area (Å²) >= 11 is 3.64. The number of rotatable bonds is 6. The highest BCUT2D eigenvalue weighted by Crippen LogP contribution is 2.47. The molecule has 0 saturated heterocycles. The molecule has 0 aliphatic carbocycles. The molecule has 74 heavy (non-hydrogen) atoms. The van der Waals surface area contributed by atoms with Gasteiger partial charge in [0.2, 0.25) is 0 Å². The number of benzene rings is 10. The fraction of sp³-hybridized carbons (Fsp3) is 0. The number of hydrogen-bond donors (Lipinski definition) is 0. The molecule has 0 radical (unpaired) electrons. The van der Waals surface area contributed by atoms with Crippen molar-refractivity contribution in [1.29, 1.82) is 10.5 Å². The van der Waals surface area contributed by atoms with Gasteiger partial charge < -0.3 is 9.13 Å². The van der Waals surface area contributed by atoms with Crippen molar-refractivity contribution in [3.05, 3.63) is 223 Å². The molecular formula is C65H35N7S2. The minimum absolute atomic E-state index is 0.423. The summed E-state index contributed by atoms with van der Waals surface area (Å²) in [5.74, 6) is 1.37. The largest absolute Gasteiger partial charge is 0.308 e. The van der Waals surface area contributed by atoms with Crippen molar-refractivity contribution in [1.82, 2.24) is 24.1 Å². The first kappa shape index (κ1) is 42.0. The summed E-state index contributed by atoms with van der Waals surface area (Å²) in [7, 11) is 0. The van der Waals surface area contributed by atoms with E-state index in [-0.39, 0.29) is 0 Å². The van der Waals surface area contributed by atoms with E-state index in [4.69, 9.17) is 15.0 Å². The lowest BCUT2D eigenvalue weighted by Gasteiger charge is -2.17. The molecule has 342 valence electrons. The second-order valence-electron chi connectivity index (χ2n) is 18.5. The summed E-state index contributed by atoms with van der Waals surface area (Å²) in [4.78, 5) is 16.3. The van der Waals surface area contributed by atoms with Crippen LogP contribution in [0.2, 0.25) is 0 Å². The molecule has 9 heteroatoms. The number of nitriles is 2. The van der Waals surface area contributed by atoms with Crippen LogP contribution in [-0.2, 0) is 0 Å². The maximum atomic E-state index is 10.6. The molecule has 5 heterocycles. The molecule has 10 aromatic carbocycles. The van der Waals surface area contributed by atoms with Crippen LogP contribution < -0.4 is 0 Å². The number of para-hydroxylation sites is 2. The van der Waals surface area contributed by atoms with Gasteiger partial charge in [0, 0.05) is 78.6 Å². The van der Waals surface area contributed by atoms with Crippen molar-refractivity contribution < 1.29 is 0 Å². The first-order valence-corrected chi connectivity index (χ1v) is 25.9. The van der Waals surface area contributed by atoms with Gasteiger partial charge >= 0.3 is 0 Å². The molecule has 0 saturated carbocycles. The minimum atomic E-state index is 0.423. The van der Waals surface area contributed by atoms with Crippen molar-refractivity contribution in [3.63, 3.8) is 0 Å². The fourth-order valence-corrected chi connectivity index (χ4v) is 13.7. The maximum Gasteiger partial charge on any atom is 0.166 e. The van der Waals surface area contributed by atoms with Crippen LogP contribution in [0, 0.1) is 22.7 Å².